The molecule has 0 saturated carbocycles. The van der Waals surface area contributed by atoms with Crippen molar-refractivity contribution in [3.05, 3.63) is 58.3 Å². The van der Waals surface area contributed by atoms with Gasteiger partial charge in [-0.05, 0) is 50.9 Å². The highest BCUT2D eigenvalue weighted by Crippen LogP contribution is 2.23. The molecule has 1 aromatic heterocycles. The third-order valence-electron chi connectivity index (χ3n) is 5.44. The van der Waals surface area contributed by atoms with Crippen molar-refractivity contribution in [2.45, 2.75) is 38.4 Å². The smallest absolute Gasteiger partial charge is 0.191 e. The molecule has 2 heterocycles. The van der Waals surface area contributed by atoms with Crippen LogP contribution in [0.1, 0.15) is 36.2 Å². The molecule has 29 heavy (non-hydrogen) atoms. The number of hydrogen-bond donors (Lipinski definition) is 2. The van der Waals surface area contributed by atoms with Crippen LogP contribution in [0.2, 0.25) is 0 Å². The first kappa shape index (κ1) is 21.8. The zero-order valence-corrected chi connectivity index (χ0v) is 18.8. The highest BCUT2D eigenvalue weighted by Gasteiger charge is 2.21. The van der Waals surface area contributed by atoms with Crippen LogP contribution in [0.25, 0.3) is 0 Å². The number of thiophene rings is 1. The van der Waals surface area contributed by atoms with E-state index in [-0.39, 0.29) is 0 Å². The minimum absolute atomic E-state index is 0.318. The van der Waals surface area contributed by atoms with Crippen molar-refractivity contribution in [2.75, 3.05) is 40.3 Å². The highest BCUT2D eigenvalue weighted by molar-refractivity contribution is 7.10. The summed E-state index contributed by atoms with van der Waals surface area (Å²) in [5.74, 6) is 0.942. The fraction of sp³-hybridized carbons (Fsp3) is 0.522. The molecule has 6 heteroatoms. The number of hydrogen-bond acceptors (Lipinski definition) is 4. The number of rotatable bonds is 8. The lowest BCUT2D eigenvalue weighted by Gasteiger charge is -2.33. The van der Waals surface area contributed by atoms with Crippen molar-refractivity contribution in [3.63, 3.8) is 0 Å². The molecule has 0 spiro atoms. The van der Waals surface area contributed by atoms with E-state index in [9.17, 15) is 0 Å². The number of nitrogens with one attached hydrogen (secondary N) is 2. The highest BCUT2D eigenvalue weighted by atomic mass is 32.1. The van der Waals surface area contributed by atoms with Crippen LogP contribution in [0.4, 0.5) is 0 Å². The van der Waals surface area contributed by atoms with Gasteiger partial charge in [0, 0.05) is 37.1 Å². The van der Waals surface area contributed by atoms with Crippen LogP contribution in [0, 0.1) is 0 Å². The maximum absolute atomic E-state index is 4.92. The Morgan fingerprint density at radius 1 is 1.17 bits per heavy atom. The molecular weight excluding hydrogens is 378 g/mol. The summed E-state index contributed by atoms with van der Waals surface area (Å²) < 4.78 is 0. The zero-order chi connectivity index (χ0) is 20.5. The van der Waals surface area contributed by atoms with Crippen molar-refractivity contribution in [1.29, 1.82) is 0 Å². The van der Waals surface area contributed by atoms with Gasteiger partial charge in [-0.1, -0.05) is 36.4 Å². The van der Waals surface area contributed by atoms with Gasteiger partial charge < -0.3 is 15.5 Å². The molecule has 1 atom stereocenters. The number of aliphatic imine (C=N–C) groups is 1. The van der Waals surface area contributed by atoms with E-state index < -0.39 is 0 Å². The minimum Gasteiger partial charge on any atom is -0.357 e. The van der Waals surface area contributed by atoms with Crippen LogP contribution in [-0.4, -0.2) is 62.1 Å². The van der Waals surface area contributed by atoms with Crippen molar-refractivity contribution >= 4 is 17.3 Å². The van der Waals surface area contributed by atoms with Gasteiger partial charge in [-0.2, -0.15) is 0 Å². The Balaban J connectivity index is 1.52. The maximum Gasteiger partial charge on any atom is 0.191 e. The summed E-state index contributed by atoms with van der Waals surface area (Å²) in [5.41, 5.74) is 1.40. The van der Waals surface area contributed by atoms with Crippen molar-refractivity contribution in [3.8, 4) is 0 Å². The van der Waals surface area contributed by atoms with Gasteiger partial charge in [0.1, 0.15) is 0 Å². The summed E-state index contributed by atoms with van der Waals surface area (Å²) >= 11 is 1.80. The van der Waals surface area contributed by atoms with Gasteiger partial charge in [-0.3, -0.25) is 9.89 Å². The molecule has 1 aliphatic rings. The number of likely N-dealkylation sites (tertiary alicyclic amines) is 1. The Morgan fingerprint density at radius 3 is 2.55 bits per heavy atom. The van der Waals surface area contributed by atoms with E-state index in [0.717, 1.165) is 51.5 Å². The Hall–Kier alpha value is -1.89. The molecule has 5 nitrogen and oxygen atoms in total. The van der Waals surface area contributed by atoms with Gasteiger partial charge in [0.2, 0.25) is 0 Å². The van der Waals surface area contributed by atoms with Gasteiger partial charge >= 0.3 is 0 Å². The molecule has 158 valence electrons. The topological polar surface area (TPSA) is 42.9 Å². The van der Waals surface area contributed by atoms with E-state index in [0.29, 0.717) is 12.1 Å². The molecule has 0 aliphatic carbocycles. The van der Waals surface area contributed by atoms with Crippen molar-refractivity contribution in [1.82, 2.24) is 20.4 Å². The van der Waals surface area contributed by atoms with E-state index in [2.05, 4.69) is 89.3 Å². The van der Waals surface area contributed by atoms with Gasteiger partial charge in [0.25, 0.3) is 0 Å². The van der Waals surface area contributed by atoms with Crippen molar-refractivity contribution in [2.24, 2.45) is 4.99 Å². The summed E-state index contributed by atoms with van der Waals surface area (Å²) in [5, 5.41) is 9.25. The predicted octanol–water partition coefficient (Wildman–Crippen LogP) is 3.57. The summed E-state index contributed by atoms with van der Waals surface area (Å²) in [6, 6.07) is 15.9. The number of benzene rings is 1. The average molecular weight is 414 g/mol. The zero-order valence-electron chi connectivity index (χ0n) is 18.0. The van der Waals surface area contributed by atoms with Gasteiger partial charge in [-0.15, -0.1) is 11.3 Å². The molecule has 1 unspecified atom stereocenters. The lowest BCUT2D eigenvalue weighted by atomic mass is 10.0. The fourth-order valence-electron chi connectivity index (χ4n) is 3.76. The molecule has 2 N–H and O–H groups in total. The second-order valence-electron chi connectivity index (χ2n) is 7.89. The van der Waals surface area contributed by atoms with Crippen LogP contribution in [0.15, 0.2) is 52.8 Å². The Kier molecular flexibility index (Phi) is 8.52. The van der Waals surface area contributed by atoms with Gasteiger partial charge in [0.15, 0.2) is 5.96 Å². The first-order valence-corrected chi connectivity index (χ1v) is 11.5. The third kappa shape index (κ3) is 6.84. The molecule has 1 saturated heterocycles. The molecule has 2 aromatic rings. The fourth-order valence-corrected chi connectivity index (χ4v) is 4.67. The number of nitrogens with zero attached hydrogens (tertiary/aromatic N) is 3. The lowest BCUT2D eigenvalue weighted by molar-refractivity contribution is 0.198. The van der Waals surface area contributed by atoms with Crippen LogP contribution >= 0.6 is 11.3 Å². The van der Waals surface area contributed by atoms with E-state index in [1.807, 2.05) is 0 Å². The van der Waals surface area contributed by atoms with E-state index in [1.165, 1.54) is 10.4 Å². The Morgan fingerprint density at radius 2 is 1.93 bits per heavy atom. The molecular formula is C23H35N5S. The molecule has 1 aromatic carbocycles. The second-order valence-corrected chi connectivity index (χ2v) is 8.87. The van der Waals surface area contributed by atoms with Gasteiger partial charge in [0.05, 0.1) is 12.6 Å². The van der Waals surface area contributed by atoms with Crippen LogP contribution in [0.3, 0.4) is 0 Å². The van der Waals surface area contributed by atoms with Crippen molar-refractivity contribution < 1.29 is 0 Å². The first-order valence-electron chi connectivity index (χ1n) is 10.7. The van der Waals surface area contributed by atoms with Gasteiger partial charge in [-0.25, -0.2) is 0 Å². The van der Waals surface area contributed by atoms with Crippen LogP contribution in [0.5, 0.6) is 0 Å². The van der Waals surface area contributed by atoms with Crippen LogP contribution < -0.4 is 10.6 Å². The van der Waals surface area contributed by atoms with E-state index in [4.69, 9.17) is 4.99 Å². The summed E-state index contributed by atoms with van der Waals surface area (Å²) in [7, 11) is 4.26. The maximum atomic E-state index is 4.92. The quantitative estimate of drug-likeness (QED) is 0.513. The largest absolute Gasteiger partial charge is 0.357 e. The lowest BCUT2D eigenvalue weighted by Crippen LogP contribution is -2.48. The monoisotopic (exact) mass is 413 g/mol. The number of piperidine rings is 1. The predicted molar refractivity (Wildman–Crippen MR) is 125 cm³/mol. The average Bonchev–Trinajstić information content (AvgIpc) is 3.25. The number of likely N-dealkylation sites (N-methyl/N-ethyl adjacent to an activating group) is 1. The molecule has 0 radical (unpaired) electrons. The van der Waals surface area contributed by atoms with E-state index in [1.54, 1.807) is 11.3 Å². The number of guanidine groups is 1. The SMILES string of the molecule is CCNC(=NCC(c1cccs1)N(C)C)NC1CCN(Cc2ccccc2)CC1. The normalized spacial score (nSPS) is 17.4. The second kappa shape index (κ2) is 11.3. The minimum atomic E-state index is 0.318. The molecule has 1 aliphatic heterocycles. The molecule has 1 fully saturated rings. The van der Waals surface area contributed by atoms with E-state index >= 15 is 0 Å². The Labute approximate surface area is 179 Å². The third-order valence-corrected chi connectivity index (χ3v) is 6.41. The molecule has 0 bridgehead atoms. The van der Waals surface area contributed by atoms with Crippen LogP contribution in [-0.2, 0) is 6.54 Å². The molecule has 0 amide bonds. The first-order chi connectivity index (χ1) is 14.2. The summed E-state index contributed by atoms with van der Waals surface area (Å²) in [4.78, 5) is 11.1. The summed E-state index contributed by atoms with van der Waals surface area (Å²) in [6.07, 6.45) is 2.30. The summed E-state index contributed by atoms with van der Waals surface area (Å²) in [6.45, 7) is 7.07. The molecule has 3 rings (SSSR count). The standard InChI is InChI=1S/C23H35N5S/c1-4-24-23(25-17-21(27(2)3)22-11-8-16-29-22)26-20-12-14-28(15-13-20)18-19-9-6-5-7-10-19/h5-11,16,20-21H,4,12-15,17-18H2,1-3H3,(H2,24,25,26). The Bertz CT molecular complexity index is 721.